The summed E-state index contributed by atoms with van der Waals surface area (Å²) in [6.45, 7) is 2.90. The first-order valence-electron chi connectivity index (χ1n) is 8.76. The number of methoxy groups -OCH3 is 3. The molecule has 1 aromatic rings. The van der Waals surface area contributed by atoms with Gasteiger partial charge in [0.25, 0.3) is 5.91 Å². The molecular weight excluding hydrogens is 306 g/mol. The number of nitrogens with one attached hydrogen (secondary N) is 1. The smallest absolute Gasteiger partial charge is 0.251 e. The van der Waals surface area contributed by atoms with Crippen LogP contribution in [0.1, 0.15) is 62.2 Å². The highest BCUT2D eigenvalue weighted by Crippen LogP contribution is 2.38. The van der Waals surface area contributed by atoms with Crippen molar-refractivity contribution >= 4 is 5.91 Å². The Morgan fingerprint density at radius 3 is 1.92 bits per heavy atom. The zero-order valence-corrected chi connectivity index (χ0v) is 15.4. The summed E-state index contributed by atoms with van der Waals surface area (Å²) in [5.74, 6) is 1.33. The van der Waals surface area contributed by atoms with E-state index in [2.05, 4.69) is 12.2 Å². The second-order valence-corrected chi connectivity index (χ2v) is 5.79. The van der Waals surface area contributed by atoms with Crippen LogP contribution in [0.2, 0.25) is 0 Å². The fraction of sp³-hybridized carbons (Fsp3) is 0.632. The molecule has 0 atom stereocenters. The van der Waals surface area contributed by atoms with Crippen LogP contribution in [0.4, 0.5) is 0 Å². The molecular formula is C19H31NO4. The van der Waals surface area contributed by atoms with Gasteiger partial charge in [0.15, 0.2) is 11.5 Å². The maximum atomic E-state index is 12.3. The van der Waals surface area contributed by atoms with E-state index in [4.69, 9.17) is 14.2 Å². The third-order valence-corrected chi connectivity index (χ3v) is 3.99. The van der Waals surface area contributed by atoms with Crippen LogP contribution in [-0.4, -0.2) is 33.8 Å². The van der Waals surface area contributed by atoms with Crippen molar-refractivity contribution in [3.63, 3.8) is 0 Å². The number of benzene rings is 1. The van der Waals surface area contributed by atoms with Gasteiger partial charge in [-0.1, -0.05) is 45.4 Å². The quantitative estimate of drug-likeness (QED) is 0.581. The fourth-order valence-electron chi connectivity index (χ4n) is 2.60. The number of hydrogen-bond acceptors (Lipinski definition) is 4. The molecule has 0 aromatic heterocycles. The monoisotopic (exact) mass is 337 g/mol. The van der Waals surface area contributed by atoms with Crippen molar-refractivity contribution in [2.75, 3.05) is 27.9 Å². The molecule has 24 heavy (non-hydrogen) atoms. The molecule has 1 amide bonds. The molecule has 0 spiro atoms. The van der Waals surface area contributed by atoms with Gasteiger partial charge in [0, 0.05) is 12.1 Å². The molecule has 1 N–H and O–H groups in total. The Morgan fingerprint density at radius 1 is 0.875 bits per heavy atom. The van der Waals surface area contributed by atoms with Crippen molar-refractivity contribution in [2.24, 2.45) is 0 Å². The first-order valence-corrected chi connectivity index (χ1v) is 8.76. The number of ether oxygens (including phenoxy) is 3. The lowest BCUT2D eigenvalue weighted by Gasteiger charge is -2.14. The summed E-state index contributed by atoms with van der Waals surface area (Å²) in [5, 5.41) is 2.95. The van der Waals surface area contributed by atoms with Crippen LogP contribution < -0.4 is 19.5 Å². The molecule has 5 heteroatoms. The lowest BCUT2D eigenvalue weighted by molar-refractivity contribution is 0.0952. The van der Waals surface area contributed by atoms with Gasteiger partial charge < -0.3 is 19.5 Å². The standard InChI is InChI=1S/C19H31NO4/c1-5-6-7-8-9-10-11-12-20-19(21)15-13-16(22-2)18(24-4)17(14-15)23-3/h13-14H,5-12H2,1-4H3,(H,20,21). The average Bonchev–Trinajstić information content (AvgIpc) is 2.62. The molecule has 5 nitrogen and oxygen atoms in total. The summed E-state index contributed by atoms with van der Waals surface area (Å²) in [7, 11) is 4.62. The summed E-state index contributed by atoms with van der Waals surface area (Å²) < 4.78 is 15.8. The molecule has 0 aliphatic rings. The molecule has 0 bridgehead atoms. The number of unbranched alkanes of at least 4 members (excludes halogenated alkanes) is 6. The van der Waals surface area contributed by atoms with Crippen molar-refractivity contribution in [2.45, 2.75) is 51.9 Å². The summed E-state index contributed by atoms with van der Waals surface area (Å²) in [6.07, 6.45) is 8.58. The van der Waals surface area contributed by atoms with Gasteiger partial charge in [-0.15, -0.1) is 0 Å². The first kappa shape index (κ1) is 20.1. The Kier molecular flexibility index (Phi) is 9.73. The third-order valence-electron chi connectivity index (χ3n) is 3.99. The highest BCUT2D eigenvalue weighted by Gasteiger charge is 2.16. The summed E-state index contributed by atoms with van der Waals surface area (Å²) in [6, 6.07) is 3.34. The molecule has 1 rings (SSSR count). The second kappa shape index (κ2) is 11.6. The van der Waals surface area contributed by atoms with Crippen LogP contribution in [0.5, 0.6) is 17.2 Å². The Bertz CT molecular complexity index is 477. The number of hydrogen-bond donors (Lipinski definition) is 1. The van der Waals surface area contributed by atoms with Crippen LogP contribution in [0.3, 0.4) is 0 Å². The second-order valence-electron chi connectivity index (χ2n) is 5.79. The lowest BCUT2D eigenvalue weighted by atomic mass is 10.1. The van der Waals surface area contributed by atoms with Crippen molar-refractivity contribution in [1.82, 2.24) is 5.32 Å². The van der Waals surface area contributed by atoms with Crippen LogP contribution in [0.25, 0.3) is 0 Å². The first-order chi connectivity index (χ1) is 11.7. The molecule has 0 radical (unpaired) electrons. The molecule has 0 unspecified atom stereocenters. The van der Waals surface area contributed by atoms with Crippen molar-refractivity contribution in [1.29, 1.82) is 0 Å². The van der Waals surface area contributed by atoms with E-state index < -0.39 is 0 Å². The molecule has 0 heterocycles. The number of carbonyl (C=O) groups is 1. The highest BCUT2D eigenvalue weighted by atomic mass is 16.5. The maximum Gasteiger partial charge on any atom is 0.251 e. The van der Waals surface area contributed by atoms with Crippen LogP contribution in [0, 0.1) is 0 Å². The normalized spacial score (nSPS) is 10.3. The molecule has 136 valence electrons. The van der Waals surface area contributed by atoms with E-state index in [1.165, 1.54) is 46.3 Å². The van der Waals surface area contributed by atoms with Crippen molar-refractivity contribution in [3.05, 3.63) is 17.7 Å². The minimum absolute atomic E-state index is 0.125. The van der Waals surface area contributed by atoms with Gasteiger partial charge in [-0.05, 0) is 18.6 Å². The van der Waals surface area contributed by atoms with Crippen LogP contribution in [-0.2, 0) is 0 Å². The zero-order valence-electron chi connectivity index (χ0n) is 15.4. The summed E-state index contributed by atoms with van der Waals surface area (Å²) in [4.78, 5) is 12.3. The van der Waals surface area contributed by atoms with Crippen LogP contribution >= 0.6 is 0 Å². The van der Waals surface area contributed by atoms with Gasteiger partial charge in [0.05, 0.1) is 21.3 Å². The van der Waals surface area contributed by atoms with E-state index in [0.29, 0.717) is 29.4 Å². The molecule has 0 aliphatic heterocycles. The highest BCUT2D eigenvalue weighted by molar-refractivity contribution is 5.95. The average molecular weight is 337 g/mol. The number of amides is 1. The Morgan fingerprint density at radius 2 is 1.42 bits per heavy atom. The van der Waals surface area contributed by atoms with E-state index >= 15 is 0 Å². The van der Waals surface area contributed by atoms with Crippen molar-refractivity contribution in [3.8, 4) is 17.2 Å². The Balaban J connectivity index is 2.47. The third kappa shape index (κ3) is 6.30. The lowest BCUT2D eigenvalue weighted by Crippen LogP contribution is -2.24. The SMILES string of the molecule is CCCCCCCCCNC(=O)c1cc(OC)c(OC)c(OC)c1. The van der Waals surface area contributed by atoms with Gasteiger partial charge in [-0.3, -0.25) is 4.79 Å². The van der Waals surface area contributed by atoms with E-state index in [-0.39, 0.29) is 5.91 Å². The molecule has 0 saturated heterocycles. The van der Waals surface area contributed by atoms with Crippen molar-refractivity contribution < 1.29 is 19.0 Å². The molecule has 0 aliphatic carbocycles. The number of rotatable bonds is 12. The van der Waals surface area contributed by atoms with Gasteiger partial charge >= 0.3 is 0 Å². The predicted molar refractivity (Wildman–Crippen MR) is 96.4 cm³/mol. The van der Waals surface area contributed by atoms with E-state index in [0.717, 1.165) is 12.8 Å². The largest absolute Gasteiger partial charge is 0.493 e. The molecule has 0 saturated carbocycles. The van der Waals surface area contributed by atoms with E-state index in [1.807, 2.05) is 0 Å². The topological polar surface area (TPSA) is 56.8 Å². The molecule has 1 aromatic carbocycles. The minimum atomic E-state index is -0.125. The van der Waals surface area contributed by atoms with E-state index in [1.54, 1.807) is 19.2 Å². The fourth-order valence-corrected chi connectivity index (χ4v) is 2.60. The van der Waals surface area contributed by atoms with Gasteiger partial charge in [-0.2, -0.15) is 0 Å². The summed E-state index contributed by atoms with van der Waals surface area (Å²) in [5.41, 5.74) is 0.507. The van der Waals surface area contributed by atoms with Crippen LogP contribution in [0.15, 0.2) is 12.1 Å². The van der Waals surface area contributed by atoms with Gasteiger partial charge in [-0.25, -0.2) is 0 Å². The predicted octanol–water partition coefficient (Wildman–Crippen LogP) is 4.19. The minimum Gasteiger partial charge on any atom is -0.493 e. The van der Waals surface area contributed by atoms with Gasteiger partial charge in [0.2, 0.25) is 5.75 Å². The molecule has 0 fully saturated rings. The zero-order chi connectivity index (χ0) is 17.8. The Hall–Kier alpha value is -1.91. The van der Waals surface area contributed by atoms with Gasteiger partial charge in [0.1, 0.15) is 0 Å². The number of carbonyl (C=O) groups excluding carboxylic acids is 1. The van der Waals surface area contributed by atoms with E-state index in [9.17, 15) is 4.79 Å². The summed E-state index contributed by atoms with van der Waals surface area (Å²) >= 11 is 0. The maximum absolute atomic E-state index is 12.3. The Labute approximate surface area is 145 Å².